The number of hydrogen-bond donors (Lipinski definition) is 0. The summed E-state index contributed by atoms with van der Waals surface area (Å²) in [5, 5.41) is 0. The monoisotopic (exact) mass is 1120 g/mol. The molecule has 0 saturated carbocycles. The van der Waals surface area contributed by atoms with Gasteiger partial charge < -0.3 is 14.2 Å². The van der Waals surface area contributed by atoms with Crippen LogP contribution in [0, 0.1) is 0 Å². The largest absolute Gasteiger partial charge is 0.462 e. The summed E-state index contributed by atoms with van der Waals surface area (Å²) in [7, 11) is 0. The van der Waals surface area contributed by atoms with Crippen molar-refractivity contribution >= 4 is 17.9 Å². The number of unbranched alkanes of at least 4 members (excludes halogenated alkanes) is 21. The molecule has 81 heavy (non-hydrogen) atoms. The van der Waals surface area contributed by atoms with Crippen molar-refractivity contribution in [3.8, 4) is 0 Å². The van der Waals surface area contributed by atoms with Gasteiger partial charge in [0.2, 0.25) is 0 Å². The lowest BCUT2D eigenvalue weighted by Crippen LogP contribution is -2.30. The summed E-state index contributed by atoms with van der Waals surface area (Å²) in [6, 6.07) is 0. The number of esters is 3. The normalized spacial score (nSPS) is 13.2. The molecule has 0 fully saturated rings. The van der Waals surface area contributed by atoms with Gasteiger partial charge in [0.1, 0.15) is 13.2 Å². The minimum Gasteiger partial charge on any atom is -0.462 e. The van der Waals surface area contributed by atoms with Crippen molar-refractivity contribution in [2.45, 2.75) is 284 Å². The average molecular weight is 1120 g/mol. The van der Waals surface area contributed by atoms with Crippen LogP contribution in [0.4, 0.5) is 0 Å². The number of rotatable bonds is 58. The van der Waals surface area contributed by atoms with E-state index in [1.54, 1.807) is 0 Å². The van der Waals surface area contributed by atoms with Crippen LogP contribution in [-0.4, -0.2) is 37.2 Å². The number of hydrogen-bond acceptors (Lipinski definition) is 6. The Morgan fingerprint density at radius 2 is 0.481 bits per heavy atom. The molecule has 0 heterocycles. The molecule has 0 aliphatic carbocycles. The van der Waals surface area contributed by atoms with Crippen LogP contribution < -0.4 is 0 Å². The molecular weight excluding hydrogens is 997 g/mol. The summed E-state index contributed by atoms with van der Waals surface area (Å²) in [5.74, 6) is -0.950. The first kappa shape index (κ1) is 76.0. The topological polar surface area (TPSA) is 78.9 Å². The number of carbonyl (C=O) groups excluding carboxylic acids is 3. The van der Waals surface area contributed by atoms with Crippen LogP contribution in [-0.2, 0) is 28.6 Å². The summed E-state index contributed by atoms with van der Waals surface area (Å²) < 4.78 is 16.9. The van der Waals surface area contributed by atoms with Crippen molar-refractivity contribution in [3.63, 3.8) is 0 Å². The van der Waals surface area contributed by atoms with E-state index in [0.717, 1.165) is 186 Å². The highest BCUT2D eigenvalue weighted by Gasteiger charge is 2.19. The van der Waals surface area contributed by atoms with Gasteiger partial charge in [-0.3, -0.25) is 14.4 Å². The predicted molar refractivity (Wildman–Crippen MR) is 352 cm³/mol. The lowest BCUT2D eigenvalue weighted by molar-refractivity contribution is -0.167. The summed E-state index contributed by atoms with van der Waals surface area (Å²) in [6.45, 7) is 6.37. The molecule has 0 rings (SSSR count). The summed E-state index contributed by atoms with van der Waals surface area (Å²) in [6.07, 6.45) is 98.1. The lowest BCUT2D eigenvalue weighted by atomic mass is 10.1. The molecule has 0 amide bonds. The first-order valence-electron chi connectivity index (χ1n) is 33.0. The van der Waals surface area contributed by atoms with E-state index in [4.69, 9.17) is 14.2 Å². The Kier molecular flexibility index (Phi) is 63.4. The van der Waals surface area contributed by atoms with Gasteiger partial charge in [-0.05, 0) is 148 Å². The van der Waals surface area contributed by atoms with E-state index < -0.39 is 6.10 Å². The highest BCUT2D eigenvalue weighted by Crippen LogP contribution is 2.14. The minimum absolute atomic E-state index is 0.103. The Bertz CT molecular complexity index is 1810. The molecule has 0 saturated heterocycles. The molecule has 0 aliphatic heterocycles. The molecule has 0 N–H and O–H groups in total. The number of ether oxygens (including phenoxy) is 3. The molecule has 0 aromatic rings. The molecule has 0 spiro atoms. The maximum absolute atomic E-state index is 12.9. The minimum atomic E-state index is -0.810. The van der Waals surface area contributed by atoms with Crippen LogP contribution in [0.3, 0.4) is 0 Å². The lowest BCUT2D eigenvalue weighted by Gasteiger charge is -2.18. The molecule has 1 atom stereocenters. The van der Waals surface area contributed by atoms with Crippen molar-refractivity contribution in [2.75, 3.05) is 13.2 Å². The highest BCUT2D eigenvalue weighted by molar-refractivity contribution is 5.71. The van der Waals surface area contributed by atoms with E-state index in [1.807, 2.05) is 0 Å². The fraction of sp³-hybridized carbons (Fsp3) is 0.613. The molecule has 0 radical (unpaired) electrons. The van der Waals surface area contributed by atoms with Crippen LogP contribution in [0.5, 0.6) is 0 Å². The maximum Gasteiger partial charge on any atom is 0.306 e. The molecule has 0 bridgehead atoms. The molecule has 0 aromatic carbocycles. The second kappa shape index (κ2) is 67.5. The highest BCUT2D eigenvalue weighted by atomic mass is 16.6. The molecular formula is C75H120O6. The Hall–Kier alpha value is -4.97. The van der Waals surface area contributed by atoms with Gasteiger partial charge >= 0.3 is 17.9 Å². The Morgan fingerprint density at radius 3 is 0.765 bits per heavy atom. The molecule has 0 aromatic heterocycles. The van der Waals surface area contributed by atoms with E-state index in [1.165, 1.54) is 51.4 Å². The number of carbonyl (C=O) groups is 3. The molecule has 0 aliphatic rings. The molecule has 456 valence electrons. The van der Waals surface area contributed by atoms with Crippen molar-refractivity contribution in [3.05, 3.63) is 158 Å². The van der Waals surface area contributed by atoms with Crippen LogP contribution in [0.15, 0.2) is 158 Å². The first-order valence-corrected chi connectivity index (χ1v) is 33.0. The van der Waals surface area contributed by atoms with Crippen molar-refractivity contribution < 1.29 is 28.6 Å². The Labute approximate surface area is 499 Å². The smallest absolute Gasteiger partial charge is 0.306 e. The van der Waals surface area contributed by atoms with Crippen LogP contribution >= 0.6 is 0 Å². The summed E-state index contributed by atoms with van der Waals surface area (Å²) >= 11 is 0. The second-order valence-electron chi connectivity index (χ2n) is 21.3. The predicted octanol–water partition coefficient (Wildman–Crippen LogP) is 22.9. The third-order valence-electron chi connectivity index (χ3n) is 13.5. The van der Waals surface area contributed by atoms with Crippen molar-refractivity contribution in [1.29, 1.82) is 0 Å². The SMILES string of the molecule is CC/C=C\C/C=C\C/C=C\C/C=C\C/C=C\C/C=C\C/C=C\CCCCCCCC(=O)OCC(COC(=O)CCCCCCC/C=C\CCCCCCCC)OC(=O)CCCCCCC/C=C\C/C=C\C/C=C\C/C=C\C/C=C\CC. The zero-order chi connectivity index (χ0) is 58.5. The standard InChI is InChI=1S/C75H120O6/c1-4-7-10-13-16-19-22-25-28-30-32-34-35-36-37-38-39-41-42-44-47-50-53-56-59-62-65-68-74(77)80-71-72(70-79-73(76)67-64-61-58-55-52-49-46-27-24-21-18-15-12-9-6-3)81-75(78)69-66-63-60-57-54-51-48-45-43-40-33-31-29-26-23-20-17-14-11-8-5-2/h7-8,10-11,16-17,19-20,25-29,32-34,36-37,39-41,44-48,72H,4-6,9,12-15,18,21-24,30-31,35,38,42-43,49-71H2,1-3H3/b10-7-,11-8-,19-16-,20-17-,28-25-,29-26-,34-32-,37-36-,40-33-,41-39-,46-27-,47-44-,48-45-. The van der Waals surface area contributed by atoms with Crippen LogP contribution in [0.25, 0.3) is 0 Å². The van der Waals surface area contributed by atoms with E-state index in [2.05, 4.69) is 179 Å². The van der Waals surface area contributed by atoms with Crippen molar-refractivity contribution in [1.82, 2.24) is 0 Å². The van der Waals surface area contributed by atoms with Gasteiger partial charge in [-0.25, -0.2) is 0 Å². The zero-order valence-electron chi connectivity index (χ0n) is 52.2. The van der Waals surface area contributed by atoms with Gasteiger partial charge in [-0.1, -0.05) is 269 Å². The molecule has 1 unspecified atom stereocenters. The van der Waals surface area contributed by atoms with Gasteiger partial charge in [0, 0.05) is 19.3 Å². The average Bonchev–Trinajstić information content (AvgIpc) is 3.47. The Morgan fingerprint density at radius 1 is 0.259 bits per heavy atom. The van der Waals surface area contributed by atoms with Crippen LogP contribution in [0.2, 0.25) is 0 Å². The van der Waals surface area contributed by atoms with E-state index >= 15 is 0 Å². The number of allylic oxidation sites excluding steroid dienone is 26. The van der Waals surface area contributed by atoms with E-state index in [9.17, 15) is 14.4 Å². The molecule has 6 nitrogen and oxygen atoms in total. The quantitative estimate of drug-likeness (QED) is 0.0261. The van der Waals surface area contributed by atoms with Gasteiger partial charge in [-0.2, -0.15) is 0 Å². The van der Waals surface area contributed by atoms with E-state index in [0.29, 0.717) is 19.3 Å². The maximum atomic E-state index is 12.9. The second-order valence-corrected chi connectivity index (χ2v) is 21.3. The zero-order valence-corrected chi connectivity index (χ0v) is 52.2. The van der Waals surface area contributed by atoms with E-state index in [-0.39, 0.29) is 31.1 Å². The van der Waals surface area contributed by atoms with Gasteiger partial charge in [0.15, 0.2) is 6.10 Å². The molecule has 6 heteroatoms. The third-order valence-corrected chi connectivity index (χ3v) is 13.5. The van der Waals surface area contributed by atoms with Crippen molar-refractivity contribution in [2.24, 2.45) is 0 Å². The first-order chi connectivity index (χ1) is 40.0. The van der Waals surface area contributed by atoms with Gasteiger partial charge in [0.05, 0.1) is 0 Å². The van der Waals surface area contributed by atoms with Gasteiger partial charge in [0.25, 0.3) is 0 Å². The summed E-state index contributed by atoms with van der Waals surface area (Å²) in [5.41, 5.74) is 0. The third kappa shape index (κ3) is 65.7. The van der Waals surface area contributed by atoms with Crippen LogP contribution in [0.1, 0.15) is 278 Å². The summed E-state index contributed by atoms with van der Waals surface area (Å²) in [4.78, 5) is 38.4. The Balaban J connectivity index is 4.48. The van der Waals surface area contributed by atoms with Gasteiger partial charge in [-0.15, -0.1) is 0 Å². The fourth-order valence-corrected chi connectivity index (χ4v) is 8.62. The fourth-order valence-electron chi connectivity index (χ4n) is 8.62.